The number of nitrogens with two attached hydrogens (primary N) is 1. The number of rotatable bonds is 2. The highest BCUT2D eigenvalue weighted by Gasteiger charge is 2.19. The van der Waals surface area contributed by atoms with E-state index in [0.29, 0.717) is 0 Å². The first-order valence-electron chi connectivity index (χ1n) is 5.47. The molecule has 1 aliphatic rings. The molecule has 0 radical (unpaired) electrons. The molecule has 82 valence electrons. The van der Waals surface area contributed by atoms with E-state index in [1.54, 1.807) is 0 Å². The van der Waals surface area contributed by atoms with Crippen molar-refractivity contribution in [1.29, 1.82) is 0 Å². The van der Waals surface area contributed by atoms with E-state index in [0.717, 1.165) is 25.9 Å². The van der Waals surface area contributed by atoms with Crippen LogP contribution >= 0.6 is 0 Å². The van der Waals surface area contributed by atoms with Crippen molar-refractivity contribution in [3.8, 4) is 0 Å². The van der Waals surface area contributed by atoms with Crippen LogP contribution in [-0.4, -0.2) is 19.2 Å². The second-order valence-electron chi connectivity index (χ2n) is 4.16. The summed E-state index contributed by atoms with van der Waals surface area (Å²) in [5, 5.41) is 0. The Bertz CT molecular complexity index is 319. The first-order valence-corrected chi connectivity index (χ1v) is 5.47. The van der Waals surface area contributed by atoms with E-state index in [-0.39, 0.29) is 6.10 Å². The fraction of sp³-hybridized carbons (Fsp3) is 0.500. The third-order valence-corrected chi connectivity index (χ3v) is 3.00. The summed E-state index contributed by atoms with van der Waals surface area (Å²) in [6, 6.07) is 8.62. The molecule has 0 aliphatic carbocycles. The Kier molecular flexibility index (Phi) is 3.23. The van der Waals surface area contributed by atoms with Gasteiger partial charge in [0.2, 0.25) is 0 Å². The molecular formula is C12H18N2O. The highest BCUT2D eigenvalue weighted by atomic mass is 16.6. The van der Waals surface area contributed by atoms with Crippen molar-refractivity contribution in [3.63, 3.8) is 0 Å². The van der Waals surface area contributed by atoms with Crippen LogP contribution in [0.4, 0.5) is 5.69 Å². The Balaban J connectivity index is 2.01. The van der Waals surface area contributed by atoms with Crippen molar-refractivity contribution in [1.82, 2.24) is 0 Å². The van der Waals surface area contributed by atoms with Crippen LogP contribution in [0.1, 0.15) is 18.4 Å². The summed E-state index contributed by atoms with van der Waals surface area (Å²) in [6.45, 7) is 4.19. The van der Waals surface area contributed by atoms with Gasteiger partial charge in [0.25, 0.3) is 0 Å². The van der Waals surface area contributed by atoms with Crippen LogP contribution in [0, 0.1) is 6.92 Å². The first kappa shape index (κ1) is 10.5. The molecule has 2 N–H and O–H groups in total. The summed E-state index contributed by atoms with van der Waals surface area (Å²) in [7, 11) is 0. The van der Waals surface area contributed by atoms with Gasteiger partial charge >= 0.3 is 0 Å². The Morgan fingerprint density at radius 1 is 1.33 bits per heavy atom. The normalized spacial score (nSPS) is 18.1. The van der Waals surface area contributed by atoms with Gasteiger partial charge in [-0.15, -0.1) is 0 Å². The van der Waals surface area contributed by atoms with E-state index in [9.17, 15) is 0 Å². The maximum Gasteiger partial charge on any atom is 0.0821 e. The molecule has 0 aromatic heterocycles. The van der Waals surface area contributed by atoms with Crippen LogP contribution in [-0.2, 0) is 4.84 Å². The molecule has 1 aliphatic heterocycles. The van der Waals surface area contributed by atoms with Crippen molar-refractivity contribution in [3.05, 3.63) is 29.8 Å². The van der Waals surface area contributed by atoms with E-state index < -0.39 is 0 Å². The quantitative estimate of drug-likeness (QED) is 0.750. The molecule has 3 heteroatoms. The molecule has 0 saturated carbocycles. The van der Waals surface area contributed by atoms with Crippen LogP contribution in [0.15, 0.2) is 24.3 Å². The van der Waals surface area contributed by atoms with Crippen molar-refractivity contribution in [2.24, 2.45) is 5.90 Å². The van der Waals surface area contributed by atoms with E-state index in [1.807, 2.05) is 0 Å². The molecule has 0 amide bonds. The predicted molar refractivity (Wildman–Crippen MR) is 61.7 cm³/mol. The number of nitrogens with zero attached hydrogens (tertiary/aromatic N) is 1. The van der Waals surface area contributed by atoms with Crippen LogP contribution in [0.3, 0.4) is 0 Å². The molecule has 0 atom stereocenters. The maximum absolute atomic E-state index is 5.19. The average molecular weight is 206 g/mol. The van der Waals surface area contributed by atoms with E-state index >= 15 is 0 Å². The minimum absolute atomic E-state index is 0.242. The summed E-state index contributed by atoms with van der Waals surface area (Å²) in [5.41, 5.74) is 2.62. The molecule has 15 heavy (non-hydrogen) atoms. The zero-order valence-corrected chi connectivity index (χ0v) is 9.15. The lowest BCUT2D eigenvalue weighted by atomic mass is 10.1. The van der Waals surface area contributed by atoms with Gasteiger partial charge in [-0.25, -0.2) is 5.90 Å². The van der Waals surface area contributed by atoms with Crippen molar-refractivity contribution < 1.29 is 4.84 Å². The Labute approximate surface area is 90.8 Å². The van der Waals surface area contributed by atoms with Crippen molar-refractivity contribution >= 4 is 5.69 Å². The molecule has 2 rings (SSSR count). The Morgan fingerprint density at radius 2 is 2.07 bits per heavy atom. The van der Waals surface area contributed by atoms with Gasteiger partial charge in [-0.05, 0) is 37.5 Å². The summed E-state index contributed by atoms with van der Waals surface area (Å²) in [6.07, 6.45) is 2.28. The molecule has 1 heterocycles. The van der Waals surface area contributed by atoms with Gasteiger partial charge in [0.1, 0.15) is 0 Å². The van der Waals surface area contributed by atoms with E-state index in [2.05, 4.69) is 36.1 Å². The zero-order valence-electron chi connectivity index (χ0n) is 9.15. The highest BCUT2D eigenvalue weighted by molar-refractivity contribution is 5.48. The fourth-order valence-corrected chi connectivity index (χ4v) is 2.07. The van der Waals surface area contributed by atoms with Crippen LogP contribution < -0.4 is 10.8 Å². The SMILES string of the molecule is Cc1cccc(N2CCC(ON)CC2)c1. The third kappa shape index (κ3) is 2.49. The summed E-state index contributed by atoms with van der Waals surface area (Å²) in [5.74, 6) is 5.19. The Morgan fingerprint density at radius 3 is 2.67 bits per heavy atom. The monoisotopic (exact) mass is 206 g/mol. The van der Waals surface area contributed by atoms with Crippen molar-refractivity contribution in [2.45, 2.75) is 25.9 Å². The molecule has 3 nitrogen and oxygen atoms in total. The van der Waals surface area contributed by atoms with Gasteiger partial charge in [-0.1, -0.05) is 12.1 Å². The largest absolute Gasteiger partial charge is 0.371 e. The van der Waals surface area contributed by atoms with Crippen LogP contribution in [0.25, 0.3) is 0 Å². The summed E-state index contributed by atoms with van der Waals surface area (Å²) < 4.78 is 0. The van der Waals surface area contributed by atoms with Gasteiger partial charge in [0.05, 0.1) is 6.10 Å². The number of aryl methyl sites for hydroxylation is 1. The second-order valence-corrected chi connectivity index (χ2v) is 4.16. The highest BCUT2D eigenvalue weighted by Crippen LogP contribution is 2.21. The average Bonchev–Trinajstić information content (AvgIpc) is 2.29. The van der Waals surface area contributed by atoms with E-state index in [4.69, 9.17) is 10.7 Å². The third-order valence-electron chi connectivity index (χ3n) is 3.00. The maximum atomic E-state index is 5.19. The molecular weight excluding hydrogens is 188 g/mol. The molecule has 0 bridgehead atoms. The fourth-order valence-electron chi connectivity index (χ4n) is 2.07. The molecule has 0 unspecified atom stereocenters. The minimum atomic E-state index is 0.242. The molecule has 1 aromatic rings. The standard InChI is InChI=1S/C12H18N2O/c1-10-3-2-4-11(9-10)14-7-5-12(15-13)6-8-14/h2-4,9,12H,5-8,13H2,1H3. The number of benzene rings is 1. The van der Waals surface area contributed by atoms with Crippen LogP contribution in [0.5, 0.6) is 0 Å². The number of piperidine rings is 1. The lowest BCUT2D eigenvalue weighted by Gasteiger charge is -2.32. The van der Waals surface area contributed by atoms with Gasteiger partial charge in [0.15, 0.2) is 0 Å². The van der Waals surface area contributed by atoms with Gasteiger partial charge in [-0.3, -0.25) is 0 Å². The predicted octanol–water partition coefficient (Wildman–Crippen LogP) is 1.85. The minimum Gasteiger partial charge on any atom is -0.371 e. The molecule has 1 saturated heterocycles. The summed E-state index contributed by atoms with van der Waals surface area (Å²) in [4.78, 5) is 7.26. The van der Waals surface area contributed by atoms with Crippen molar-refractivity contribution in [2.75, 3.05) is 18.0 Å². The van der Waals surface area contributed by atoms with Crippen LogP contribution in [0.2, 0.25) is 0 Å². The lowest BCUT2D eigenvalue weighted by molar-refractivity contribution is 0.0368. The topological polar surface area (TPSA) is 38.5 Å². The second kappa shape index (κ2) is 4.64. The lowest BCUT2D eigenvalue weighted by Crippen LogP contribution is -2.38. The summed E-state index contributed by atoms with van der Waals surface area (Å²) >= 11 is 0. The van der Waals surface area contributed by atoms with Gasteiger partial charge < -0.3 is 9.74 Å². The molecule has 1 fully saturated rings. The first-order chi connectivity index (χ1) is 7.29. The zero-order chi connectivity index (χ0) is 10.7. The smallest absolute Gasteiger partial charge is 0.0821 e. The van der Waals surface area contributed by atoms with E-state index in [1.165, 1.54) is 11.3 Å². The van der Waals surface area contributed by atoms with Gasteiger partial charge in [-0.2, -0.15) is 0 Å². The molecule has 1 aromatic carbocycles. The number of hydrogen-bond acceptors (Lipinski definition) is 3. The van der Waals surface area contributed by atoms with Gasteiger partial charge in [0, 0.05) is 18.8 Å². The number of anilines is 1. The molecule has 0 spiro atoms. The number of hydrogen-bond donors (Lipinski definition) is 1. The Hall–Kier alpha value is -1.06.